The second-order valence-electron chi connectivity index (χ2n) is 9.16. The van der Waals surface area contributed by atoms with Gasteiger partial charge in [0, 0.05) is 37.4 Å². The summed E-state index contributed by atoms with van der Waals surface area (Å²) in [6, 6.07) is 0. The Morgan fingerprint density at radius 2 is 1.93 bits per heavy atom. The van der Waals surface area contributed by atoms with Gasteiger partial charge in [-0.3, -0.25) is 14.7 Å². The van der Waals surface area contributed by atoms with Crippen molar-refractivity contribution in [1.82, 2.24) is 25.3 Å². The molecule has 4 rings (SSSR count). The van der Waals surface area contributed by atoms with Crippen LogP contribution < -0.4 is 5.32 Å². The van der Waals surface area contributed by atoms with E-state index >= 15 is 0 Å². The molecular formula is C22H35N5O3. The first-order valence-electron chi connectivity index (χ1n) is 11.5. The predicted molar refractivity (Wildman–Crippen MR) is 113 cm³/mol. The van der Waals surface area contributed by atoms with E-state index in [1.165, 1.54) is 19.4 Å². The van der Waals surface area contributed by atoms with E-state index in [0.717, 1.165) is 56.1 Å². The number of ether oxygens (including phenoxy) is 1. The third-order valence-electron chi connectivity index (χ3n) is 6.79. The summed E-state index contributed by atoms with van der Waals surface area (Å²) < 4.78 is 5.68. The van der Waals surface area contributed by atoms with E-state index in [1.54, 1.807) is 0 Å². The zero-order valence-corrected chi connectivity index (χ0v) is 18.3. The molecule has 1 aromatic heterocycles. The van der Waals surface area contributed by atoms with Gasteiger partial charge < -0.3 is 19.9 Å². The highest BCUT2D eigenvalue weighted by molar-refractivity contribution is 5.93. The summed E-state index contributed by atoms with van der Waals surface area (Å²) in [7, 11) is 0. The monoisotopic (exact) mass is 417 g/mol. The molecule has 3 aliphatic rings. The molecule has 2 amide bonds. The summed E-state index contributed by atoms with van der Waals surface area (Å²) in [5, 5.41) is 9.98. The Morgan fingerprint density at radius 1 is 1.20 bits per heavy atom. The smallest absolute Gasteiger partial charge is 0.272 e. The van der Waals surface area contributed by atoms with Gasteiger partial charge in [0.2, 0.25) is 5.91 Å². The lowest BCUT2D eigenvalue weighted by Gasteiger charge is -2.38. The van der Waals surface area contributed by atoms with Crippen LogP contribution in [-0.2, 0) is 16.0 Å². The summed E-state index contributed by atoms with van der Waals surface area (Å²) in [5.41, 5.74) is 2.31. The lowest BCUT2D eigenvalue weighted by molar-refractivity contribution is -0.149. The number of amides is 2. The van der Waals surface area contributed by atoms with Crippen molar-refractivity contribution in [3.05, 3.63) is 17.0 Å². The summed E-state index contributed by atoms with van der Waals surface area (Å²) in [6.07, 6.45) is 5.77. The summed E-state index contributed by atoms with van der Waals surface area (Å²) in [4.78, 5) is 29.4. The topological polar surface area (TPSA) is 90.6 Å². The molecule has 1 saturated carbocycles. The molecule has 1 atom stereocenters. The molecule has 166 valence electrons. The van der Waals surface area contributed by atoms with E-state index in [2.05, 4.69) is 20.4 Å². The van der Waals surface area contributed by atoms with E-state index in [-0.39, 0.29) is 24.5 Å². The average Bonchev–Trinajstić information content (AvgIpc) is 3.49. The second-order valence-corrected chi connectivity index (χ2v) is 9.16. The van der Waals surface area contributed by atoms with Gasteiger partial charge in [-0.2, -0.15) is 5.10 Å². The van der Waals surface area contributed by atoms with Gasteiger partial charge in [-0.1, -0.05) is 6.92 Å². The molecule has 1 unspecified atom stereocenters. The Labute approximate surface area is 178 Å². The highest BCUT2D eigenvalue weighted by atomic mass is 16.5. The first-order chi connectivity index (χ1) is 14.5. The first kappa shape index (κ1) is 21.3. The van der Waals surface area contributed by atoms with Crippen LogP contribution in [0.2, 0.25) is 0 Å². The number of rotatable bonds is 8. The second kappa shape index (κ2) is 9.47. The molecule has 2 N–H and O–H groups in total. The molecule has 0 aromatic carbocycles. The molecule has 8 nitrogen and oxygen atoms in total. The van der Waals surface area contributed by atoms with Crippen LogP contribution in [-0.4, -0.2) is 83.8 Å². The Balaban J connectivity index is 1.22. The maximum atomic E-state index is 12.5. The molecule has 1 aliphatic carbocycles. The van der Waals surface area contributed by atoms with E-state index in [4.69, 9.17) is 4.74 Å². The third kappa shape index (κ3) is 5.21. The van der Waals surface area contributed by atoms with Crippen LogP contribution in [0.3, 0.4) is 0 Å². The van der Waals surface area contributed by atoms with Crippen LogP contribution in [0.25, 0.3) is 0 Å². The number of aromatic amines is 1. The van der Waals surface area contributed by atoms with Gasteiger partial charge in [-0.25, -0.2) is 0 Å². The van der Waals surface area contributed by atoms with Crippen molar-refractivity contribution in [3.63, 3.8) is 0 Å². The normalized spacial score (nSPS) is 23.7. The molecule has 0 radical (unpaired) electrons. The van der Waals surface area contributed by atoms with Gasteiger partial charge in [0.25, 0.3) is 5.91 Å². The molecule has 1 aromatic rings. The zero-order chi connectivity index (χ0) is 21.1. The van der Waals surface area contributed by atoms with Crippen molar-refractivity contribution in [2.24, 2.45) is 11.8 Å². The Morgan fingerprint density at radius 3 is 2.60 bits per heavy atom. The van der Waals surface area contributed by atoms with Crippen molar-refractivity contribution in [2.45, 2.75) is 52.1 Å². The molecule has 8 heteroatoms. The molecule has 30 heavy (non-hydrogen) atoms. The number of likely N-dealkylation sites (tertiary alicyclic amines) is 1. The quantitative estimate of drug-likeness (QED) is 0.667. The fourth-order valence-corrected chi connectivity index (χ4v) is 4.60. The summed E-state index contributed by atoms with van der Waals surface area (Å²) in [5.74, 6) is 1.38. The standard InChI is InChI=1S/C22H35N5O3/c1-3-19-15(2)21(25-24-19)22(29)23-10-18-13-27(20(28)14-30-18)12-17-6-8-26(9-7-17)11-16-4-5-16/h16-18H,3-14H2,1-2H3,(H,23,29)(H,24,25). The van der Waals surface area contributed by atoms with Gasteiger partial charge in [0.15, 0.2) is 5.69 Å². The predicted octanol–water partition coefficient (Wildman–Crippen LogP) is 1.36. The zero-order valence-electron chi connectivity index (χ0n) is 18.3. The number of hydrogen-bond acceptors (Lipinski definition) is 5. The van der Waals surface area contributed by atoms with Crippen LogP contribution in [0.1, 0.15) is 54.4 Å². The minimum atomic E-state index is -0.196. The lowest BCUT2D eigenvalue weighted by Crippen LogP contribution is -2.52. The summed E-state index contributed by atoms with van der Waals surface area (Å²) in [6.45, 7) is 9.34. The van der Waals surface area contributed by atoms with Crippen LogP contribution in [0.5, 0.6) is 0 Å². The van der Waals surface area contributed by atoms with Crippen molar-refractivity contribution in [3.8, 4) is 0 Å². The highest BCUT2D eigenvalue weighted by Gasteiger charge is 2.31. The number of hydrogen-bond donors (Lipinski definition) is 2. The van der Waals surface area contributed by atoms with Crippen LogP contribution in [0, 0.1) is 18.8 Å². The molecule has 3 fully saturated rings. The van der Waals surface area contributed by atoms with Gasteiger partial charge in [0.05, 0.1) is 6.10 Å². The molecule has 3 heterocycles. The highest BCUT2D eigenvalue weighted by Crippen LogP contribution is 2.31. The van der Waals surface area contributed by atoms with Crippen molar-refractivity contribution in [2.75, 3.05) is 45.9 Å². The number of piperidine rings is 1. The number of H-pyrrole nitrogens is 1. The number of aryl methyl sites for hydroxylation is 1. The van der Waals surface area contributed by atoms with Crippen LogP contribution in [0.4, 0.5) is 0 Å². The summed E-state index contributed by atoms with van der Waals surface area (Å²) >= 11 is 0. The fourth-order valence-electron chi connectivity index (χ4n) is 4.60. The van der Waals surface area contributed by atoms with Crippen molar-refractivity contribution in [1.29, 1.82) is 0 Å². The molecular weight excluding hydrogens is 382 g/mol. The van der Waals surface area contributed by atoms with Crippen LogP contribution in [0.15, 0.2) is 0 Å². The SMILES string of the molecule is CCc1[nH]nc(C(=O)NCC2CN(CC3CCN(CC4CC4)CC3)C(=O)CO2)c1C. The largest absolute Gasteiger partial charge is 0.365 e. The number of carbonyl (C=O) groups excluding carboxylic acids is 2. The minimum Gasteiger partial charge on any atom is -0.365 e. The van der Waals surface area contributed by atoms with Gasteiger partial charge in [-0.15, -0.1) is 0 Å². The van der Waals surface area contributed by atoms with Gasteiger partial charge in [0.1, 0.15) is 6.61 Å². The van der Waals surface area contributed by atoms with Gasteiger partial charge >= 0.3 is 0 Å². The molecule has 0 spiro atoms. The minimum absolute atomic E-state index is 0.0636. The number of carbonyl (C=O) groups is 2. The Kier molecular flexibility index (Phi) is 6.73. The van der Waals surface area contributed by atoms with E-state index in [9.17, 15) is 9.59 Å². The molecule has 2 saturated heterocycles. The molecule has 0 bridgehead atoms. The number of aromatic nitrogens is 2. The maximum Gasteiger partial charge on any atom is 0.272 e. The Hall–Kier alpha value is -1.93. The average molecular weight is 418 g/mol. The number of nitrogens with one attached hydrogen (secondary N) is 2. The van der Waals surface area contributed by atoms with E-state index in [1.807, 2.05) is 18.7 Å². The van der Waals surface area contributed by atoms with E-state index in [0.29, 0.717) is 24.7 Å². The van der Waals surface area contributed by atoms with Crippen molar-refractivity contribution < 1.29 is 14.3 Å². The fraction of sp³-hybridized carbons (Fsp3) is 0.773. The lowest BCUT2D eigenvalue weighted by atomic mass is 9.95. The van der Waals surface area contributed by atoms with Gasteiger partial charge in [-0.05, 0) is 64.0 Å². The number of nitrogens with zero attached hydrogens (tertiary/aromatic N) is 3. The first-order valence-corrected chi connectivity index (χ1v) is 11.5. The third-order valence-corrected chi connectivity index (χ3v) is 6.79. The van der Waals surface area contributed by atoms with Crippen molar-refractivity contribution >= 4 is 11.8 Å². The molecule has 2 aliphatic heterocycles. The van der Waals surface area contributed by atoms with E-state index < -0.39 is 0 Å². The van der Waals surface area contributed by atoms with Crippen LogP contribution >= 0.6 is 0 Å². The maximum absolute atomic E-state index is 12.5. The number of morpholine rings is 1. The Bertz CT molecular complexity index is 752.